The fourth-order valence-electron chi connectivity index (χ4n) is 1.87. The Morgan fingerprint density at radius 2 is 2.25 bits per heavy atom. The molecule has 1 aromatic rings. The maximum Gasteiger partial charge on any atom is 0.126 e. The third-order valence-corrected chi connectivity index (χ3v) is 3.63. The Morgan fingerprint density at radius 1 is 1.44 bits per heavy atom. The van der Waals surface area contributed by atoms with Gasteiger partial charge in [-0.05, 0) is 24.6 Å². The molecule has 4 heteroatoms. The molecule has 0 spiro atoms. The van der Waals surface area contributed by atoms with Crippen molar-refractivity contribution >= 4 is 17.6 Å². The Labute approximate surface area is 102 Å². The average Bonchev–Trinajstić information content (AvgIpc) is 2.31. The van der Waals surface area contributed by atoms with Crippen LogP contribution in [-0.4, -0.2) is 41.0 Å². The number of anilines is 1. The average molecular weight is 237 g/mol. The molecular formula is C12H19N3S. The second kappa shape index (κ2) is 6.11. The molecule has 2 heterocycles. The molecule has 1 aromatic heterocycles. The molecule has 0 amide bonds. The van der Waals surface area contributed by atoms with Crippen LogP contribution in [0, 0.1) is 0 Å². The Hall–Kier alpha value is -0.740. The number of aromatic nitrogens is 1. The van der Waals surface area contributed by atoms with Crippen LogP contribution >= 0.6 is 11.8 Å². The number of thioether (sulfide) groups is 1. The molecule has 0 saturated carbocycles. The van der Waals surface area contributed by atoms with Crippen molar-refractivity contribution in [3.05, 3.63) is 23.9 Å². The summed E-state index contributed by atoms with van der Waals surface area (Å²) in [6, 6.07) is 4.27. The summed E-state index contributed by atoms with van der Waals surface area (Å²) < 4.78 is 0. The van der Waals surface area contributed by atoms with Gasteiger partial charge in [-0.3, -0.25) is 4.90 Å². The van der Waals surface area contributed by atoms with Crippen LogP contribution in [0.3, 0.4) is 0 Å². The van der Waals surface area contributed by atoms with E-state index in [1.54, 1.807) is 0 Å². The highest BCUT2D eigenvalue weighted by Crippen LogP contribution is 2.14. The van der Waals surface area contributed by atoms with Gasteiger partial charge in [0, 0.05) is 43.9 Å². The lowest BCUT2D eigenvalue weighted by Gasteiger charge is -2.26. The molecule has 0 atom stereocenters. The number of hydrogen-bond acceptors (Lipinski definition) is 4. The Kier molecular flexibility index (Phi) is 4.48. The molecule has 1 N–H and O–H groups in total. The summed E-state index contributed by atoms with van der Waals surface area (Å²) in [5.41, 5.74) is 1.36. The van der Waals surface area contributed by atoms with Crippen LogP contribution in [0.5, 0.6) is 0 Å². The number of hydrogen-bond donors (Lipinski definition) is 1. The normalized spacial score (nSPS) is 17.3. The smallest absolute Gasteiger partial charge is 0.126 e. The van der Waals surface area contributed by atoms with Gasteiger partial charge in [0.15, 0.2) is 0 Å². The zero-order chi connectivity index (χ0) is 11.2. The number of nitrogens with one attached hydrogen (secondary N) is 1. The van der Waals surface area contributed by atoms with Gasteiger partial charge < -0.3 is 5.32 Å². The van der Waals surface area contributed by atoms with E-state index < -0.39 is 0 Å². The van der Waals surface area contributed by atoms with Gasteiger partial charge in [-0.25, -0.2) is 4.98 Å². The summed E-state index contributed by atoms with van der Waals surface area (Å²) in [7, 11) is 0. The Balaban J connectivity index is 1.94. The van der Waals surface area contributed by atoms with Crippen molar-refractivity contribution in [2.75, 3.05) is 36.5 Å². The minimum atomic E-state index is 0.927. The van der Waals surface area contributed by atoms with Gasteiger partial charge in [0.1, 0.15) is 5.82 Å². The quantitative estimate of drug-likeness (QED) is 0.867. The summed E-state index contributed by atoms with van der Waals surface area (Å²) in [5.74, 6) is 3.53. The van der Waals surface area contributed by atoms with Gasteiger partial charge in [-0.15, -0.1) is 0 Å². The summed E-state index contributed by atoms with van der Waals surface area (Å²) >= 11 is 2.05. The van der Waals surface area contributed by atoms with Gasteiger partial charge >= 0.3 is 0 Å². The lowest BCUT2D eigenvalue weighted by molar-refractivity contribution is 0.294. The number of pyridine rings is 1. The summed E-state index contributed by atoms with van der Waals surface area (Å²) in [6.45, 7) is 6.50. The molecule has 0 radical (unpaired) electrons. The highest BCUT2D eigenvalue weighted by Gasteiger charge is 2.10. The highest BCUT2D eigenvalue weighted by molar-refractivity contribution is 7.99. The first-order valence-corrected chi connectivity index (χ1v) is 7.03. The Morgan fingerprint density at radius 3 is 3.00 bits per heavy atom. The zero-order valence-corrected chi connectivity index (χ0v) is 10.6. The van der Waals surface area contributed by atoms with E-state index in [2.05, 4.69) is 46.0 Å². The number of nitrogens with zero attached hydrogens (tertiary/aromatic N) is 2. The molecular weight excluding hydrogens is 218 g/mol. The van der Waals surface area contributed by atoms with Crippen molar-refractivity contribution in [1.82, 2.24) is 9.88 Å². The van der Waals surface area contributed by atoms with Gasteiger partial charge in [-0.1, -0.05) is 0 Å². The second-order valence-electron chi connectivity index (χ2n) is 3.97. The monoisotopic (exact) mass is 237 g/mol. The van der Waals surface area contributed by atoms with Crippen molar-refractivity contribution < 1.29 is 0 Å². The van der Waals surface area contributed by atoms with Crippen molar-refractivity contribution in [2.24, 2.45) is 0 Å². The lowest BCUT2D eigenvalue weighted by Crippen LogP contribution is -2.31. The minimum absolute atomic E-state index is 0.927. The molecule has 16 heavy (non-hydrogen) atoms. The minimum Gasteiger partial charge on any atom is -0.370 e. The molecule has 88 valence electrons. The van der Waals surface area contributed by atoms with E-state index >= 15 is 0 Å². The molecule has 1 aliphatic heterocycles. The van der Waals surface area contributed by atoms with Crippen molar-refractivity contribution in [3.8, 4) is 0 Å². The largest absolute Gasteiger partial charge is 0.370 e. The van der Waals surface area contributed by atoms with Crippen LogP contribution in [-0.2, 0) is 6.54 Å². The van der Waals surface area contributed by atoms with E-state index in [0.717, 1.165) is 18.9 Å². The molecule has 1 aliphatic rings. The van der Waals surface area contributed by atoms with E-state index in [1.165, 1.54) is 30.2 Å². The summed E-state index contributed by atoms with van der Waals surface area (Å²) in [4.78, 5) is 6.80. The van der Waals surface area contributed by atoms with E-state index in [4.69, 9.17) is 0 Å². The first-order chi connectivity index (χ1) is 7.88. The van der Waals surface area contributed by atoms with Crippen LogP contribution in [0.1, 0.15) is 12.5 Å². The van der Waals surface area contributed by atoms with Crippen LogP contribution in [0.15, 0.2) is 18.3 Å². The SMILES string of the molecule is CCNc1cc(CN2CCSCC2)ccn1. The topological polar surface area (TPSA) is 28.2 Å². The fourth-order valence-corrected chi connectivity index (χ4v) is 2.85. The molecule has 3 nitrogen and oxygen atoms in total. The molecule has 2 rings (SSSR count). The van der Waals surface area contributed by atoms with Gasteiger partial charge in [0.2, 0.25) is 0 Å². The van der Waals surface area contributed by atoms with Gasteiger partial charge in [0.25, 0.3) is 0 Å². The standard InChI is InChI=1S/C12H19N3S/c1-2-13-12-9-11(3-4-14-12)10-15-5-7-16-8-6-15/h3-4,9H,2,5-8,10H2,1H3,(H,13,14). The van der Waals surface area contributed by atoms with Crippen LogP contribution < -0.4 is 5.32 Å². The number of rotatable bonds is 4. The maximum atomic E-state index is 4.29. The molecule has 1 saturated heterocycles. The zero-order valence-electron chi connectivity index (χ0n) is 9.78. The van der Waals surface area contributed by atoms with Crippen molar-refractivity contribution in [3.63, 3.8) is 0 Å². The first-order valence-electron chi connectivity index (χ1n) is 5.87. The van der Waals surface area contributed by atoms with E-state index in [1.807, 2.05) is 6.20 Å². The fraction of sp³-hybridized carbons (Fsp3) is 0.583. The van der Waals surface area contributed by atoms with Gasteiger partial charge in [-0.2, -0.15) is 11.8 Å². The Bertz CT molecular complexity index is 324. The lowest BCUT2D eigenvalue weighted by atomic mass is 10.2. The van der Waals surface area contributed by atoms with Crippen molar-refractivity contribution in [2.45, 2.75) is 13.5 Å². The molecule has 0 aliphatic carbocycles. The van der Waals surface area contributed by atoms with Crippen LogP contribution in [0.4, 0.5) is 5.82 Å². The summed E-state index contributed by atoms with van der Waals surface area (Å²) in [6.07, 6.45) is 1.89. The van der Waals surface area contributed by atoms with E-state index in [9.17, 15) is 0 Å². The molecule has 1 fully saturated rings. The van der Waals surface area contributed by atoms with E-state index in [-0.39, 0.29) is 0 Å². The van der Waals surface area contributed by atoms with Crippen LogP contribution in [0.25, 0.3) is 0 Å². The maximum absolute atomic E-state index is 4.29. The molecule has 0 aromatic carbocycles. The van der Waals surface area contributed by atoms with Gasteiger partial charge in [0.05, 0.1) is 0 Å². The third kappa shape index (κ3) is 3.39. The van der Waals surface area contributed by atoms with Crippen molar-refractivity contribution in [1.29, 1.82) is 0 Å². The van der Waals surface area contributed by atoms with E-state index in [0.29, 0.717) is 0 Å². The molecule has 0 bridgehead atoms. The first kappa shape index (κ1) is 11.7. The predicted molar refractivity (Wildman–Crippen MR) is 71.0 cm³/mol. The summed E-state index contributed by atoms with van der Waals surface area (Å²) in [5, 5.41) is 3.25. The third-order valence-electron chi connectivity index (χ3n) is 2.69. The second-order valence-corrected chi connectivity index (χ2v) is 5.19. The molecule has 0 unspecified atom stereocenters. The highest BCUT2D eigenvalue weighted by atomic mass is 32.2. The van der Waals surface area contributed by atoms with Crippen LogP contribution in [0.2, 0.25) is 0 Å². The predicted octanol–water partition coefficient (Wildman–Crippen LogP) is 2.06.